The molecule has 2 N–H and O–H groups in total. The molecular weight excluding hydrogens is 206 g/mol. The maximum absolute atomic E-state index is 6.24. The predicted molar refractivity (Wildman–Crippen MR) is 65.2 cm³/mol. The number of hydrogen-bond acceptors (Lipinski definition) is 3. The van der Waals surface area contributed by atoms with Gasteiger partial charge < -0.3 is 10.5 Å². The van der Waals surface area contributed by atoms with Crippen molar-refractivity contribution < 1.29 is 4.74 Å². The van der Waals surface area contributed by atoms with E-state index in [4.69, 9.17) is 10.5 Å². The molecular formula is C12H17NOS. The van der Waals surface area contributed by atoms with E-state index in [0.717, 1.165) is 17.3 Å². The molecule has 1 aliphatic rings. The van der Waals surface area contributed by atoms with E-state index in [1.807, 2.05) is 23.9 Å². The number of ether oxygens (including phenoxy) is 1. The lowest BCUT2D eigenvalue weighted by molar-refractivity contribution is 0.409. The van der Waals surface area contributed by atoms with Gasteiger partial charge in [0, 0.05) is 17.4 Å². The van der Waals surface area contributed by atoms with Gasteiger partial charge in [-0.1, -0.05) is 19.1 Å². The molecule has 0 radical (unpaired) electrons. The van der Waals surface area contributed by atoms with Crippen molar-refractivity contribution in [2.45, 2.75) is 18.7 Å². The molecule has 82 valence electrons. The third-order valence-corrected chi connectivity index (χ3v) is 4.24. The Kier molecular flexibility index (Phi) is 3.22. The summed E-state index contributed by atoms with van der Waals surface area (Å²) in [5.41, 5.74) is 8.78. The first-order valence-electron chi connectivity index (χ1n) is 5.23. The number of nitrogens with two attached hydrogens (primary N) is 1. The Balaban J connectivity index is 2.47. The minimum atomic E-state index is 0.144. The fraction of sp³-hybridized carbons (Fsp3) is 0.500. The van der Waals surface area contributed by atoms with Gasteiger partial charge in [-0.15, -0.1) is 0 Å². The average Bonchev–Trinajstić information content (AvgIpc) is 2.40. The van der Waals surface area contributed by atoms with E-state index in [-0.39, 0.29) is 6.04 Å². The van der Waals surface area contributed by atoms with Gasteiger partial charge in [-0.3, -0.25) is 0 Å². The summed E-state index contributed by atoms with van der Waals surface area (Å²) in [6, 6.07) is 6.32. The summed E-state index contributed by atoms with van der Waals surface area (Å²) in [5.74, 6) is 3.64. The van der Waals surface area contributed by atoms with E-state index in [2.05, 4.69) is 13.0 Å². The lowest BCUT2D eigenvalue weighted by Gasteiger charge is -2.19. The second-order valence-corrected chi connectivity index (χ2v) is 5.08. The zero-order valence-corrected chi connectivity index (χ0v) is 10.0. The van der Waals surface area contributed by atoms with Gasteiger partial charge in [0.05, 0.1) is 7.11 Å². The van der Waals surface area contributed by atoms with E-state index in [1.54, 1.807) is 7.11 Å². The standard InChI is InChI=1S/C12H17NOS/c1-8-6-15-7-10-9(12(8)13)4-3-5-11(10)14-2/h3-5,8,12H,6-7,13H2,1-2H3. The first kappa shape index (κ1) is 10.8. The van der Waals surface area contributed by atoms with Crippen LogP contribution < -0.4 is 10.5 Å². The number of fused-ring (bicyclic) bond motifs is 1. The average molecular weight is 223 g/mol. The zero-order valence-electron chi connectivity index (χ0n) is 9.19. The highest BCUT2D eigenvalue weighted by Gasteiger charge is 2.23. The number of thioether (sulfide) groups is 1. The summed E-state index contributed by atoms with van der Waals surface area (Å²) in [7, 11) is 1.72. The van der Waals surface area contributed by atoms with Crippen molar-refractivity contribution in [2.24, 2.45) is 11.7 Å². The molecule has 0 spiro atoms. The van der Waals surface area contributed by atoms with Crippen LogP contribution in [0.15, 0.2) is 18.2 Å². The second-order valence-electron chi connectivity index (χ2n) is 4.05. The zero-order chi connectivity index (χ0) is 10.8. The minimum absolute atomic E-state index is 0.144. The molecule has 0 amide bonds. The Morgan fingerprint density at radius 3 is 3.00 bits per heavy atom. The molecule has 0 saturated carbocycles. The third kappa shape index (κ3) is 1.99. The minimum Gasteiger partial charge on any atom is -0.496 e. The Labute approximate surface area is 95.2 Å². The molecule has 2 unspecified atom stereocenters. The van der Waals surface area contributed by atoms with Crippen molar-refractivity contribution in [3.63, 3.8) is 0 Å². The Hall–Kier alpha value is -0.670. The Morgan fingerprint density at radius 2 is 2.27 bits per heavy atom. The molecule has 0 aliphatic carbocycles. The van der Waals surface area contributed by atoms with Crippen LogP contribution in [0.3, 0.4) is 0 Å². The SMILES string of the molecule is COc1cccc2c1CSCC(C)C2N. The van der Waals surface area contributed by atoms with Gasteiger partial charge >= 0.3 is 0 Å². The van der Waals surface area contributed by atoms with Crippen LogP contribution >= 0.6 is 11.8 Å². The van der Waals surface area contributed by atoms with Gasteiger partial charge in [-0.2, -0.15) is 11.8 Å². The van der Waals surface area contributed by atoms with E-state index in [1.165, 1.54) is 11.1 Å². The van der Waals surface area contributed by atoms with Gasteiger partial charge in [-0.05, 0) is 23.3 Å². The predicted octanol–water partition coefficient (Wildman–Crippen LogP) is 2.58. The van der Waals surface area contributed by atoms with Gasteiger partial charge in [0.25, 0.3) is 0 Å². The van der Waals surface area contributed by atoms with Crippen LogP contribution in [-0.4, -0.2) is 12.9 Å². The topological polar surface area (TPSA) is 35.2 Å². The third-order valence-electron chi connectivity index (χ3n) is 2.99. The highest BCUT2D eigenvalue weighted by Crippen LogP contribution is 2.37. The fourth-order valence-corrected chi connectivity index (χ4v) is 3.21. The van der Waals surface area contributed by atoms with Crippen molar-refractivity contribution in [2.75, 3.05) is 12.9 Å². The molecule has 0 fully saturated rings. The molecule has 15 heavy (non-hydrogen) atoms. The molecule has 2 atom stereocenters. The summed E-state index contributed by atoms with van der Waals surface area (Å²) >= 11 is 1.94. The molecule has 1 heterocycles. The summed E-state index contributed by atoms with van der Waals surface area (Å²) < 4.78 is 5.38. The molecule has 0 bridgehead atoms. The Morgan fingerprint density at radius 1 is 1.47 bits per heavy atom. The van der Waals surface area contributed by atoms with E-state index in [9.17, 15) is 0 Å². The maximum atomic E-state index is 6.24. The monoisotopic (exact) mass is 223 g/mol. The molecule has 3 heteroatoms. The lowest BCUT2D eigenvalue weighted by Crippen LogP contribution is -2.20. The van der Waals surface area contributed by atoms with Crippen LogP contribution in [0.4, 0.5) is 0 Å². The van der Waals surface area contributed by atoms with Gasteiger partial charge in [0.1, 0.15) is 5.75 Å². The largest absolute Gasteiger partial charge is 0.496 e. The number of benzene rings is 1. The van der Waals surface area contributed by atoms with Gasteiger partial charge in [0.2, 0.25) is 0 Å². The number of rotatable bonds is 1. The molecule has 0 aromatic heterocycles. The summed E-state index contributed by atoms with van der Waals surface area (Å²) in [6.45, 7) is 2.21. The Bertz CT molecular complexity index is 353. The van der Waals surface area contributed by atoms with Crippen LogP contribution in [0.2, 0.25) is 0 Å². The van der Waals surface area contributed by atoms with Crippen molar-refractivity contribution in [3.05, 3.63) is 29.3 Å². The van der Waals surface area contributed by atoms with Gasteiger partial charge in [0.15, 0.2) is 0 Å². The van der Waals surface area contributed by atoms with Crippen LogP contribution in [-0.2, 0) is 5.75 Å². The van der Waals surface area contributed by atoms with E-state index in [0.29, 0.717) is 5.92 Å². The van der Waals surface area contributed by atoms with Crippen molar-refractivity contribution in [1.29, 1.82) is 0 Å². The second kappa shape index (κ2) is 4.45. The van der Waals surface area contributed by atoms with Crippen LogP contribution in [0.5, 0.6) is 5.75 Å². The molecule has 1 aromatic carbocycles. The first-order chi connectivity index (χ1) is 7.24. The molecule has 1 aliphatic heterocycles. The van der Waals surface area contributed by atoms with E-state index < -0.39 is 0 Å². The lowest BCUT2D eigenvalue weighted by atomic mass is 9.93. The van der Waals surface area contributed by atoms with Gasteiger partial charge in [-0.25, -0.2) is 0 Å². The summed E-state index contributed by atoms with van der Waals surface area (Å²) in [5, 5.41) is 0. The smallest absolute Gasteiger partial charge is 0.123 e. The fourth-order valence-electron chi connectivity index (χ4n) is 2.00. The highest BCUT2D eigenvalue weighted by atomic mass is 32.2. The normalized spacial score (nSPS) is 25.5. The van der Waals surface area contributed by atoms with Crippen molar-refractivity contribution >= 4 is 11.8 Å². The van der Waals surface area contributed by atoms with Crippen molar-refractivity contribution in [3.8, 4) is 5.75 Å². The number of hydrogen-bond donors (Lipinski definition) is 1. The molecule has 2 rings (SSSR count). The quantitative estimate of drug-likeness (QED) is 0.794. The van der Waals surface area contributed by atoms with Crippen molar-refractivity contribution in [1.82, 2.24) is 0 Å². The molecule has 1 aromatic rings. The van der Waals surface area contributed by atoms with Crippen LogP contribution in [0.25, 0.3) is 0 Å². The van der Waals surface area contributed by atoms with Crippen LogP contribution in [0, 0.1) is 5.92 Å². The maximum Gasteiger partial charge on any atom is 0.123 e. The summed E-state index contributed by atoms with van der Waals surface area (Å²) in [4.78, 5) is 0. The molecule has 2 nitrogen and oxygen atoms in total. The summed E-state index contributed by atoms with van der Waals surface area (Å²) in [6.07, 6.45) is 0. The van der Waals surface area contributed by atoms with E-state index >= 15 is 0 Å². The first-order valence-corrected chi connectivity index (χ1v) is 6.38. The number of methoxy groups -OCH3 is 1. The molecule has 0 saturated heterocycles. The van der Waals surface area contributed by atoms with Crippen LogP contribution in [0.1, 0.15) is 24.1 Å². The highest BCUT2D eigenvalue weighted by molar-refractivity contribution is 7.98.